The lowest BCUT2D eigenvalue weighted by Gasteiger charge is -2.63. The molecular formula is C27H42O6. The molecule has 0 aromatic carbocycles. The largest absolute Gasteiger partial charge is 0.462 e. The van der Waals surface area contributed by atoms with Gasteiger partial charge in [0.25, 0.3) is 0 Å². The van der Waals surface area contributed by atoms with Gasteiger partial charge in [-0.25, -0.2) is 0 Å². The average Bonchev–Trinajstić information content (AvgIpc) is 2.70. The van der Waals surface area contributed by atoms with Crippen molar-refractivity contribution < 1.29 is 28.6 Å². The van der Waals surface area contributed by atoms with Gasteiger partial charge in [-0.3, -0.25) is 14.4 Å². The molecule has 3 rings (SSSR count). The second-order valence-electron chi connectivity index (χ2n) is 11.7. The highest BCUT2D eigenvalue weighted by Gasteiger charge is 2.62. The molecule has 0 bridgehead atoms. The molecule has 0 heterocycles. The van der Waals surface area contributed by atoms with Crippen molar-refractivity contribution in [2.75, 3.05) is 13.2 Å². The molecule has 0 amide bonds. The van der Waals surface area contributed by atoms with Crippen LogP contribution in [0.2, 0.25) is 0 Å². The molecule has 0 radical (unpaired) electrons. The summed E-state index contributed by atoms with van der Waals surface area (Å²) in [5.74, 6) is -0.724. The summed E-state index contributed by atoms with van der Waals surface area (Å²) in [5, 5.41) is 0. The minimum Gasteiger partial charge on any atom is -0.462 e. The first-order valence-electron chi connectivity index (χ1n) is 12.5. The van der Waals surface area contributed by atoms with Crippen molar-refractivity contribution >= 4 is 17.9 Å². The van der Waals surface area contributed by atoms with E-state index >= 15 is 0 Å². The van der Waals surface area contributed by atoms with Gasteiger partial charge >= 0.3 is 17.9 Å². The number of carbonyl (C=O) groups is 3. The Morgan fingerprint density at radius 3 is 2.27 bits per heavy atom. The van der Waals surface area contributed by atoms with Crippen LogP contribution in [0.4, 0.5) is 0 Å². The van der Waals surface area contributed by atoms with E-state index in [-0.39, 0.29) is 47.3 Å². The van der Waals surface area contributed by atoms with Crippen molar-refractivity contribution in [1.29, 1.82) is 0 Å². The average molecular weight is 463 g/mol. The molecule has 3 aliphatic rings. The fraction of sp³-hybridized carbons (Fsp3) is 0.815. The first kappa shape index (κ1) is 25.8. The van der Waals surface area contributed by atoms with Crippen molar-refractivity contribution in [1.82, 2.24) is 0 Å². The van der Waals surface area contributed by atoms with Gasteiger partial charge < -0.3 is 14.2 Å². The van der Waals surface area contributed by atoms with Crippen LogP contribution in [0.5, 0.6) is 0 Å². The molecule has 0 saturated heterocycles. The number of esters is 3. The highest BCUT2D eigenvalue weighted by Crippen LogP contribution is 2.68. The third kappa shape index (κ3) is 4.85. The predicted octanol–water partition coefficient (Wildman–Crippen LogP) is 5.24. The zero-order valence-corrected chi connectivity index (χ0v) is 21.5. The molecule has 0 spiro atoms. The molecule has 2 fully saturated rings. The van der Waals surface area contributed by atoms with Crippen molar-refractivity contribution in [2.24, 2.45) is 34.0 Å². The van der Waals surface area contributed by atoms with Crippen LogP contribution < -0.4 is 0 Å². The van der Waals surface area contributed by atoms with E-state index in [4.69, 9.17) is 14.2 Å². The number of hydrogen-bond acceptors (Lipinski definition) is 6. The molecule has 6 heteroatoms. The molecule has 186 valence electrons. The van der Waals surface area contributed by atoms with Crippen molar-refractivity contribution in [2.45, 2.75) is 93.1 Å². The van der Waals surface area contributed by atoms with Gasteiger partial charge in [-0.05, 0) is 60.2 Å². The third-order valence-corrected chi connectivity index (χ3v) is 9.12. The molecular weight excluding hydrogens is 420 g/mol. The van der Waals surface area contributed by atoms with E-state index in [1.165, 1.54) is 33.1 Å². The zero-order valence-electron chi connectivity index (χ0n) is 21.5. The Bertz CT molecular complexity index is 813. The maximum atomic E-state index is 13.5. The van der Waals surface area contributed by atoms with E-state index in [1.807, 2.05) is 0 Å². The quantitative estimate of drug-likeness (QED) is 0.305. The molecule has 2 saturated carbocycles. The van der Waals surface area contributed by atoms with E-state index in [0.29, 0.717) is 5.92 Å². The second-order valence-corrected chi connectivity index (χ2v) is 11.7. The van der Waals surface area contributed by atoms with Crippen LogP contribution in [-0.2, 0) is 28.6 Å². The summed E-state index contributed by atoms with van der Waals surface area (Å²) >= 11 is 0. The summed E-state index contributed by atoms with van der Waals surface area (Å²) in [4.78, 5) is 36.2. The van der Waals surface area contributed by atoms with Gasteiger partial charge in [0.15, 0.2) is 6.10 Å². The lowest BCUT2D eigenvalue weighted by molar-refractivity contribution is -0.181. The van der Waals surface area contributed by atoms with E-state index in [1.54, 1.807) is 5.57 Å². The molecule has 0 aromatic heterocycles. The van der Waals surface area contributed by atoms with Gasteiger partial charge in [-0.1, -0.05) is 52.7 Å². The Morgan fingerprint density at radius 2 is 1.64 bits per heavy atom. The lowest BCUT2D eigenvalue weighted by Crippen LogP contribution is -2.58. The maximum Gasteiger partial charge on any atom is 0.309 e. The van der Waals surface area contributed by atoms with Crippen LogP contribution in [0.1, 0.15) is 87.0 Å². The van der Waals surface area contributed by atoms with Crippen molar-refractivity contribution in [3.05, 3.63) is 11.6 Å². The molecule has 0 aliphatic heterocycles. The Kier molecular flexibility index (Phi) is 7.36. The molecule has 6 nitrogen and oxygen atoms in total. The lowest BCUT2D eigenvalue weighted by atomic mass is 9.40. The van der Waals surface area contributed by atoms with Gasteiger partial charge in [-0.2, -0.15) is 0 Å². The van der Waals surface area contributed by atoms with Gasteiger partial charge in [0, 0.05) is 13.8 Å². The van der Waals surface area contributed by atoms with Crippen molar-refractivity contribution in [3.8, 4) is 0 Å². The number of rotatable bonds is 6. The topological polar surface area (TPSA) is 78.9 Å². The predicted molar refractivity (Wildman–Crippen MR) is 125 cm³/mol. The molecule has 33 heavy (non-hydrogen) atoms. The first-order chi connectivity index (χ1) is 15.3. The maximum absolute atomic E-state index is 13.5. The highest BCUT2D eigenvalue weighted by atomic mass is 16.6. The van der Waals surface area contributed by atoms with Crippen LogP contribution in [0, 0.1) is 34.0 Å². The van der Waals surface area contributed by atoms with Crippen LogP contribution >= 0.6 is 0 Å². The van der Waals surface area contributed by atoms with Crippen LogP contribution in [0.25, 0.3) is 0 Å². The van der Waals surface area contributed by atoms with Gasteiger partial charge in [0.05, 0.1) is 5.92 Å². The SMILES string of the molecule is CC(=O)OCC(COC(=O)C1C(C)CCC2(C)C3CCCC(C)(C)C3=CCC12C)OC(C)=O. The van der Waals surface area contributed by atoms with E-state index < -0.39 is 18.0 Å². The molecule has 3 aliphatic carbocycles. The van der Waals surface area contributed by atoms with Crippen LogP contribution in [-0.4, -0.2) is 37.2 Å². The number of ether oxygens (including phenoxy) is 3. The van der Waals surface area contributed by atoms with Crippen LogP contribution in [0.3, 0.4) is 0 Å². The molecule has 6 atom stereocenters. The number of allylic oxidation sites excluding steroid dienone is 2. The summed E-state index contributed by atoms with van der Waals surface area (Å²) < 4.78 is 16.0. The number of carbonyl (C=O) groups excluding carboxylic acids is 3. The summed E-state index contributed by atoms with van der Waals surface area (Å²) in [7, 11) is 0. The molecule has 6 unspecified atom stereocenters. The zero-order chi connectivity index (χ0) is 24.6. The Hall–Kier alpha value is -1.85. The summed E-state index contributed by atoms with van der Waals surface area (Å²) in [6.07, 6.45) is 8.27. The second kappa shape index (κ2) is 9.42. The molecule has 0 aromatic rings. The minimum atomic E-state index is -0.801. The highest BCUT2D eigenvalue weighted by molar-refractivity contribution is 5.74. The summed E-state index contributed by atoms with van der Waals surface area (Å²) in [6.45, 7) is 13.9. The van der Waals surface area contributed by atoms with Gasteiger partial charge in [0.1, 0.15) is 13.2 Å². The van der Waals surface area contributed by atoms with Gasteiger partial charge in [0.2, 0.25) is 0 Å². The summed E-state index contributed by atoms with van der Waals surface area (Å²) in [5.41, 5.74) is 1.65. The fourth-order valence-corrected chi connectivity index (χ4v) is 7.14. The first-order valence-corrected chi connectivity index (χ1v) is 12.5. The standard InChI is InChI=1S/C27H42O6/c1-17-10-13-26(6)22-9-8-12-25(4,5)21(22)11-14-27(26,7)23(17)24(30)32-16-20(33-19(3)29)15-31-18(2)28/h11,17,20,22-23H,8-10,12-16H2,1-7H3. The van der Waals surface area contributed by atoms with E-state index in [2.05, 4.69) is 40.7 Å². The third-order valence-electron chi connectivity index (χ3n) is 9.12. The number of hydrogen-bond donors (Lipinski definition) is 0. The van der Waals surface area contributed by atoms with Gasteiger partial charge in [-0.15, -0.1) is 0 Å². The Labute approximate surface area is 198 Å². The smallest absolute Gasteiger partial charge is 0.309 e. The Morgan fingerprint density at radius 1 is 0.970 bits per heavy atom. The van der Waals surface area contributed by atoms with E-state index in [0.717, 1.165) is 19.3 Å². The van der Waals surface area contributed by atoms with Crippen molar-refractivity contribution in [3.63, 3.8) is 0 Å². The molecule has 0 N–H and O–H groups in total. The number of fused-ring (bicyclic) bond motifs is 3. The Balaban J connectivity index is 1.82. The normalized spacial score (nSPS) is 35.8. The van der Waals surface area contributed by atoms with E-state index in [9.17, 15) is 14.4 Å². The van der Waals surface area contributed by atoms with Crippen LogP contribution in [0.15, 0.2) is 11.6 Å². The minimum absolute atomic E-state index is 0.0397. The monoisotopic (exact) mass is 462 g/mol. The fourth-order valence-electron chi connectivity index (χ4n) is 7.14. The summed E-state index contributed by atoms with van der Waals surface area (Å²) in [6, 6.07) is 0.